The first-order valence-electron chi connectivity index (χ1n) is 12.2. The fourth-order valence-corrected chi connectivity index (χ4v) is 5.69. The summed E-state index contributed by atoms with van der Waals surface area (Å²) < 4.78 is 36.6. The van der Waals surface area contributed by atoms with E-state index in [2.05, 4.69) is 20.2 Å². The molecule has 10 heteroatoms. The Balaban J connectivity index is 1.13. The average Bonchev–Trinajstić information content (AvgIpc) is 3.32. The van der Waals surface area contributed by atoms with Crippen molar-refractivity contribution in [2.24, 2.45) is 5.92 Å². The normalized spacial score (nSPS) is 21.6. The van der Waals surface area contributed by atoms with Gasteiger partial charge in [0.05, 0.1) is 18.3 Å². The summed E-state index contributed by atoms with van der Waals surface area (Å²) in [6, 6.07) is 0.247. The van der Waals surface area contributed by atoms with Crippen LogP contribution >= 0.6 is 11.3 Å². The zero-order valence-electron chi connectivity index (χ0n) is 19.9. The SMILES string of the molecule is Cc1ncc(CC(=O)N[C@H]2CC[C@H](CCN3CCc4nc(OCC(C)(F)F)sc4CC3)CC2)o1. The lowest BCUT2D eigenvalue weighted by molar-refractivity contribution is -0.121. The number of amides is 1. The highest BCUT2D eigenvalue weighted by atomic mass is 32.1. The molecule has 0 radical (unpaired) electrons. The van der Waals surface area contributed by atoms with Gasteiger partial charge in [-0.05, 0) is 51.0 Å². The third-order valence-electron chi connectivity index (χ3n) is 6.60. The van der Waals surface area contributed by atoms with Crippen LogP contribution in [0.2, 0.25) is 0 Å². The van der Waals surface area contributed by atoms with E-state index in [-0.39, 0.29) is 18.4 Å². The van der Waals surface area contributed by atoms with Gasteiger partial charge in [-0.1, -0.05) is 11.3 Å². The van der Waals surface area contributed by atoms with E-state index in [1.54, 1.807) is 13.1 Å². The number of oxazole rings is 1. The zero-order chi connectivity index (χ0) is 24.1. The number of rotatable bonds is 9. The Bertz CT molecular complexity index is 925. The molecule has 7 nitrogen and oxygen atoms in total. The molecule has 0 aromatic carbocycles. The van der Waals surface area contributed by atoms with Crippen molar-refractivity contribution in [2.45, 2.75) is 77.2 Å². The Labute approximate surface area is 203 Å². The summed E-state index contributed by atoms with van der Waals surface area (Å²) in [4.78, 5) is 24.4. The molecule has 188 valence electrons. The molecule has 1 fully saturated rings. The first-order valence-corrected chi connectivity index (χ1v) is 13.0. The number of hydrogen-bond donors (Lipinski definition) is 1. The molecule has 1 amide bonds. The van der Waals surface area contributed by atoms with Crippen molar-refractivity contribution < 1.29 is 22.7 Å². The van der Waals surface area contributed by atoms with E-state index in [9.17, 15) is 13.6 Å². The van der Waals surface area contributed by atoms with Crippen LogP contribution in [-0.4, -0.2) is 59.0 Å². The van der Waals surface area contributed by atoms with Crippen molar-refractivity contribution in [2.75, 3.05) is 26.2 Å². The largest absolute Gasteiger partial charge is 0.464 e. The topological polar surface area (TPSA) is 80.5 Å². The minimum atomic E-state index is -2.85. The lowest BCUT2D eigenvalue weighted by atomic mass is 9.84. The number of nitrogens with one attached hydrogen (secondary N) is 1. The Morgan fingerprint density at radius 1 is 1.29 bits per heavy atom. The lowest BCUT2D eigenvalue weighted by Crippen LogP contribution is -2.39. The number of fused-ring (bicyclic) bond motifs is 1. The Hall–Kier alpha value is -2.07. The van der Waals surface area contributed by atoms with Gasteiger partial charge in [-0.3, -0.25) is 4.79 Å². The number of hydrogen-bond acceptors (Lipinski definition) is 7. The molecule has 1 saturated carbocycles. The number of halogens is 2. The standard InChI is InChI=1S/C24H34F2N4O3S/c1-16-27-14-19(33-16)13-22(31)28-18-5-3-17(4-6-18)7-10-30-11-8-20-21(9-12-30)34-23(29-20)32-15-24(2,25)26/h14,17-18H,3-13,15H2,1-2H3,(H,28,31)/t17-,18-. The Kier molecular flexibility index (Phi) is 8.18. The number of aromatic nitrogens is 2. The number of aryl methyl sites for hydroxylation is 1. The second-order valence-corrected chi connectivity index (χ2v) is 10.7. The maximum atomic E-state index is 13.0. The van der Waals surface area contributed by atoms with Gasteiger partial charge in [0.25, 0.3) is 11.1 Å². The highest BCUT2D eigenvalue weighted by molar-refractivity contribution is 7.13. The summed E-state index contributed by atoms with van der Waals surface area (Å²) in [5, 5.41) is 3.51. The summed E-state index contributed by atoms with van der Waals surface area (Å²) in [5.41, 5.74) is 0.999. The van der Waals surface area contributed by atoms with Gasteiger partial charge < -0.3 is 19.4 Å². The van der Waals surface area contributed by atoms with Crippen LogP contribution in [0.5, 0.6) is 5.19 Å². The van der Waals surface area contributed by atoms with Crippen LogP contribution in [0.15, 0.2) is 10.6 Å². The number of ether oxygens (including phenoxy) is 1. The first-order chi connectivity index (χ1) is 16.2. The van der Waals surface area contributed by atoms with Gasteiger partial charge in [0.2, 0.25) is 5.91 Å². The average molecular weight is 497 g/mol. The van der Waals surface area contributed by atoms with Crippen LogP contribution in [0.1, 0.15) is 61.2 Å². The molecular weight excluding hydrogens is 462 g/mol. The Morgan fingerprint density at radius 2 is 2.06 bits per heavy atom. The number of carbonyl (C=O) groups is 1. The second kappa shape index (κ2) is 11.1. The predicted octanol–water partition coefficient (Wildman–Crippen LogP) is 4.18. The van der Waals surface area contributed by atoms with Crippen LogP contribution in [-0.2, 0) is 24.1 Å². The van der Waals surface area contributed by atoms with E-state index in [0.717, 1.165) is 75.7 Å². The fourth-order valence-electron chi connectivity index (χ4n) is 4.74. The quantitative estimate of drug-likeness (QED) is 0.561. The van der Waals surface area contributed by atoms with Crippen LogP contribution < -0.4 is 10.1 Å². The van der Waals surface area contributed by atoms with Gasteiger partial charge in [0.1, 0.15) is 5.76 Å². The van der Waals surface area contributed by atoms with E-state index in [4.69, 9.17) is 9.15 Å². The molecule has 0 spiro atoms. The fraction of sp³-hybridized carbons (Fsp3) is 0.708. The zero-order valence-corrected chi connectivity index (χ0v) is 20.8. The molecule has 0 atom stereocenters. The van der Waals surface area contributed by atoms with Crippen molar-refractivity contribution in [3.05, 3.63) is 28.4 Å². The summed E-state index contributed by atoms with van der Waals surface area (Å²) >= 11 is 1.41. The summed E-state index contributed by atoms with van der Waals surface area (Å²) in [5.74, 6) is -0.963. The third kappa shape index (κ3) is 7.46. The minimum Gasteiger partial charge on any atom is -0.464 e. The van der Waals surface area contributed by atoms with Gasteiger partial charge in [0, 0.05) is 44.3 Å². The van der Waals surface area contributed by atoms with E-state index < -0.39 is 12.5 Å². The van der Waals surface area contributed by atoms with Gasteiger partial charge in [0.15, 0.2) is 12.5 Å². The van der Waals surface area contributed by atoms with Crippen LogP contribution in [0.4, 0.5) is 8.78 Å². The smallest absolute Gasteiger partial charge is 0.278 e. The molecular formula is C24H34F2N4O3S. The van der Waals surface area contributed by atoms with Gasteiger partial charge in [-0.2, -0.15) is 0 Å². The molecule has 3 heterocycles. The summed E-state index contributed by atoms with van der Waals surface area (Å²) in [6.07, 6.45) is 9.07. The van der Waals surface area contributed by atoms with Crippen molar-refractivity contribution >= 4 is 17.2 Å². The maximum absolute atomic E-state index is 13.0. The molecule has 0 saturated heterocycles. The molecule has 1 N–H and O–H groups in total. The second-order valence-electron chi connectivity index (χ2n) is 9.65. The van der Waals surface area contributed by atoms with Gasteiger partial charge in [-0.15, -0.1) is 0 Å². The van der Waals surface area contributed by atoms with E-state index in [1.807, 2.05) is 0 Å². The van der Waals surface area contributed by atoms with Crippen LogP contribution in [0.25, 0.3) is 0 Å². The molecule has 2 aliphatic rings. The van der Waals surface area contributed by atoms with Crippen molar-refractivity contribution in [1.82, 2.24) is 20.2 Å². The first kappa shape index (κ1) is 25.0. The van der Waals surface area contributed by atoms with Crippen molar-refractivity contribution in [3.63, 3.8) is 0 Å². The van der Waals surface area contributed by atoms with E-state index in [1.165, 1.54) is 17.8 Å². The third-order valence-corrected chi connectivity index (χ3v) is 7.67. The van der Waals surface area contributed by atoms with Crippen molar-refractivity contribution in [3.8, 4) is 5.19 Å². The Morgan fingerprint density at radius 3 is 2.76 bits per heavy atom. The van der Waals surface area contributed by atoms with E-state index in [0.29, 0.717) is 22.8 Å². The molecule has 4 rings (SSSR count). The molecule has 0 bridgehead atoms. The molecule has 2 aromatic rings. The van der Waals surface area contributed by atoms with Gasteiger partial charge >= 0.3 is 0 Å². The van der Waals surface area contributed by atoms with Crippen LogP contribution in [0, 0.1) is 12.8 Å². The molecule has 1 aliphatic heterocycles. The number of thiazole rings is 1. The van der Waals surface area contributed by atoms with Crippen LogP contribution in [0.3, 0.4) is 0 Å². The highest BCUT2D eigenvalue weighted by Crippen LogP contribution is 2.30. The molecule has 2 aromatic heterocycles. The molecule has 0 unspecified atom stereocenters. The highest BCUT2D eigenvalue weighted by Gasteiger charge is 2.26. The number of alkyl halides is 2. The minimum absolute atomic E-state index is 0.00204. The maximum Gasteiger partial charge on any atom is 0.278 e. The number of carbonyl (C=O) groups excluding carboxylic acids is 1. The van der Waals surface area contributed by atoms with E-state index >= 15 is 0 Å². The lowest BCUT2D eigenvalue weighted by Gasteiger charge is -2.30. The monoisotopic (exact) mass is 496 g/mol. The molecule has 34 heavy (non-hydrogen) atoms. The summed E-state index contributed by atoms with van der Waals surface area (Å²) in [6.45, 7) is 4.96. The van der Waals surface area contributed by atoms with Gasteiger partial charge in [-0.25, -0.2) is 18.7 Å². The predicted molar refractivity (Wildman–Crippen MR) is 126 cm³/mol. The number of nitrogens with zero attached hydrogens (tertiary/aromatic N) is 3. The molecule has 1 aliphatic carbocycles. The summed E-state index contributed by atoms with van der Waals surface area (Å²) in [7, 11) is 0. The van der Waals surface area contributed by atoms with Crippen molar-refractivity contribution in [1.29, 1.82) is 0 Å².